The highest BCUT2D eigenvalue weighted by molar-refractivity contribution is 9.10. The van der Waals surface area contributed by atoms with E-state index in [1.807, 2.05) is 36.4 Å². The number of aromatic hydroxyl groups is 1. The summed E-state index contributed by atoms with van der Waals surface area (Å²) in [5.41, 5.74) is 6.00. The maximum absolute atomic E-state index is 9.86. The average Bonchev–Trinajstić information content (AvgIpc) is 2.89. The van der Waals surface area contributed by atoms with Crippen LogP contribution in [0, 0.1) is 0 Å². The summed E-state index contributed by atoms with van der Waals surface area (Å²) < 4.78 is 1.07. The van der Waals surface area contributed by atoms with Crippen LogP contribution in [0.25, 0.3) is 0 Å². The number of hydrazone groups is 1. The number of para-hydroxylation sites is 1. The van der Waals surface area contributed by atoms with Crippen LogP contribution in [0.4, 0.5) is 0 Å². The maximum Gasteiger partial charge on any atom is 0.124 e. The SMILES string of the molecule is Oc1ccccc1C1=NNC(c2ccccc2Br)C1. The Morgan fingerprint density at radius 2 is 1.84 bits per heavy atom. The molecule has 2 aromatic rings. The van der Waals surface area contributed by atoms with Crippen molar-refractivity contribution in [3.63, 3.8) is 0 Å². The minimum absolute atomic E-state index is 0.144. The number of halogens is 1. The molecule has 96 valence electrons. The fourth-order valence-electron chi connectivity index (χ4n) is 2.27. The van der Waals surface area contributed by atoms with Crippen molar-refractivity contribution in [2.75, 3.05) is 0 Å². The summed E-state index contributed by atoms with van der Waals surface area (Å²) in [5, 5.41) is 14.2. The summed E-state index contributed by atoms with van der Waals surface area (Å²) in [7, 11) is 0. The molecule has 0 aliphatic carbocycles. The molecule has 1 aliphatic heterocycles. The third-order valence-corrected chi connectivity index (χ3v) is 3.97. The lowest BCUT2D eigenvalue weighted by atomic mass is 9.99. The molecule has 3 nitrogen and oxygen atoms in total. The number of hydrogen-bond acceptors (Lipinski definition) is 3. The fourth-order valence-corrected chi connectivity index (χ4v) is 2.83. The van der Waals surface area contributed by atoms with E-state index in [0.717, 1.165) is 22.2 Å². The topological polar surface area (TPSA) is 44.6 Å². The second-order valence-electron chi connectivity index (χ2n) is 4.48. The molecule has 0 saturated heterocycles. The zero-order valence-corrected chi connectivity index (χ0v) is 11.8. The van der Waals surface area contributed by atoms with Crippen LogP contribution in [-0.4, -0.2) is 10.8 Å². The molecule has 1 atom stereocenters. The van der Waals surface area contributed by atoms with Crippen LogP contribution in [0.5, 0.6) is 5.75 Å². The zero-order valence-electron chi connectivity index (χ0n) is 10.2. The molecule has 1 unspecified atom stereocenters. The Hall–Kier alpha value is -1.81. The van der Waals surface area contributed by atoms with Crippen molar-refractivity contribution in [2.45, 2.75) is 12.5 Å². The molecule has 0 aromatic heterocycles. The van der Waals surface area contributed by atoms with Crippen molar-refractivity contribution in [1.29, 1.82) is 0 Å². The van der Waals surface area contributed by atoms with Crippen LogP contribution in [0.15, 0.2) is 58.1 Å². The Labute approximate surface area is 120 Å². The molecule has 0 fully saturated rings. The predicted molar refractivity (Wildman–Crippen MR) is 79.3 cm³/mol. The summed E-state index contributed by atoms with van der Waals surface area (Å²) in [5.74, 6) is 0.274. The van der Waals surface area contributed by atoms with Crippen LogP contribution in [0.1, 0.15) is 23.6 Å². The number of hydrogen-bond donors (Lipinski definition) is 2. The van der Waals surface area contributed by atoms with Crippen molar-refractivity contribution in [1.82, 2.24) is 5.43 Å². The van der Waals surface area contributed by atoms with Crippen LogP contribution in [0.2, 0.25) is 0 Å². The maximum atomic E-state index is 9.86. The summed E-state index contributed by atoms with van der Waals surface area (Å²) in [6, 6.07) is 15.5. The van der Waals surface area contributed by atoms with Crippen molar-refractivity contribution in [3.05, 3.63) is 64.1 Å². The van der Waals surface area contributed by atoms with Gasteiger partial charge in [0.1, 0.15) is 5.75 Å². The van der Waals surface area contributed by atoms with Crippen molar-refractivity contribution in [3.8, 4) is 5.75 Å². The van der Waals surface area contributed by atoms with Gasteiger partial charge in [-0.25, -0.2) is 0 Å². The highest BCUT2D eigenvalue weighted by Gasteiger charge is 2.23. The minimum Gasteiger partial charge on any atom is -0.507 e. The number of phenolic OH excluding ortho intramolecular Hbond substituents is 1. The van der Waals surface area contributed by atoms with Gasteiger partial charge < -0.3 is 10.5 Å². The second-order valence-corrected chi connectivity index (χ2v) is 5.34. The molecule has 0 spiro atoms. The molecular weight excluding hydrogens is 304 g/mol. The standard InChI is InChI=1S/C15H13BrN2O/c16-12-7-3-1-5-10(12)13-9-14(18-17-13)11-6-2-4-8-15(11)19/h1-8,13,17,19H,9H2. The zero-order chi connectivity index (χ0) is 13.2. The van der Waals surface area contributed by atoms with E-state index in [2.05, 4.69) is 32.5 Å². The van der Waals surface area contributed by atoms with Gasteiger partial charge in [-0.1, -0.05) is 46.3 Å². The fraction of sp³-hybridized carbons (Fsp3) is 0.133. The molecule has 0 radical (unpaired) electrons. The average molecular weight is 317 g/mol. The molecule has 3 rings (SSSR count). The van der Waals surface area contributed by atoms with Crippen LogP contribution >= 0.6 is 15.9 Å². The lowest BCUT2D eigenvalue weighted by molar-refractivity contribution is 0.474. The first-order valence-corrected chi connectivity index (χ1v) is 6.90. The molecule has 0 bridgehead atoms. The van der Waals surface area contributed by atoms with E-state index < -0.39 is 0 Å². The van der Waals surface area contributed by atoms with Crippen molar-refractivity contribution in [2.24, 2.45) is 5.10 Å². The Morgan fingerprint density at radius 3 is 2.63 bits per heavy atom. The summed E-state index contributed by atoms with van der Waals surface area (Å²) in [6.45, 7) is 0. The Balaban J connectivity index is 1.85. The highest BCUT2D eigenvalue weighted by Crippen LogP contribution is 2.31. The quantitative estimate of drug-likeness (QED) is 0.889. The van der Waals surface area contributed by atoms with E-state index in [1.54, 1.807) is 6.07 Å². The van der Waals surface area contributed by atoms with Gasteiger partial charge >= 0.3 is 0 Å². The van der Waals surface area contributed by atoms with E-state index in [1.165, 1.54) is 5.56 Å². The molecular formula is C15H13BrN2O. The van der Waals surface area contributed by atoms with E-state index >= 15 is 0 Å². The Kier molecular flexibility index (Phi) is 3.25. The lowest BCUT2D eigenvalue weighted by Gasteiger charge is -2.12. The third kappa shape index (κ3) is 2.36. The van der Waals surface area contributed by atoms with E-state index in [9.17, 15) is 5.11 Å². The Morgan fingerprint density at radius 1 is 1.11 bits per heavy atom. The summed E-state index contributed by atoms with van der Waals surface area (Å²) in [4.78, 5) is 0. The molecule has 1 aliphatic rings. The van der Waals surface area contributed by atoms with Gasteiger partial charge in [-0.05, 0) is 23.8 Å². The molecule has 19 heavy (non-hydrogen) atoms. The molecule has 2 N–H and O–H groups in total. The lowest BCUT2D eigenvalue weighted by Crippen LogP contribution is -2.10. The van der Waals surface area contributed by atoms with Crippen molar-refractivity contribution < 1.29 is 5.11 Å². The van der Waals surface area contributed by atoms with Gasteiger partial charge in [0.2, 0.25) is 0 Å². The molecule has 1 heterocycles. The van der Waals surface area contributed by atoms with Gasteiger partial charge in [0.15, 0.2) is 0 Å². The largest absolute Gasteiger partial charge is 0.507 e. The number of benzene rings is 2. The molecule has 4 heteroatoms. The first-order valence-electron chi connectivity index (χ1n) is 6.10. The summed E-state index contributed by atoms with van der Waals surface area (Å²) >= 11 is 3.56. The van der Waals surface area contributed by atoms with Crippen LogP contribution in [-0.2, 0) is 0 Å². The predicted octanol–water partition coefficient (Wildman–Crippen LogP) is 3.59. The summed E-state index contributed by atoms with van der Waals surface area (Å²) in [6.07, 6.45) is 0.764. The van der Waals surface area contributed by atoms with E-state index in [4.69, 9.17) is 0 Å². The van der Waals surface area contributed by atoms with Gasteiger partial charge in [0, 0.05) is 16.5 Å². The second kappa shape index (κ2) is 5.05. The number of nitrogens with zero attached hydrogens (tertiary/aromatic N) is 1. The normalized spacial score (nSPS) is 17.9. The van der Waals surface area contributed by atoms with Gasteiger partial charge in [0.25, 0.3) is 0 Å². The van der Waals surface area contributed by atoms with Crippen molar-refractivity contribution >= 4 is 21.6 Å². The molecule has 2 aromatic carbocycles. The molecule has 0 saturated carbocycles. The first kappa shape index (κ1) is 12.2. The first-order chi connectivity index (χ1) is 9.25. The minimum atomic E-state index is 0.144. The highest BCUT2D eigenvalue weighted by atomic mass is 79.9. The van der Waals surface area contributed by atoms with E-state index in [0.29, 0.717) is 0 Å². The number of nitrogens with one attached hydrogen (secondary N) is 1. The molecule has 0 amide bonds. The smallest absolute Gasteiger partial charge is 0.124 e. The van der Waals surface area contributed by atoms with Gasteiger partial charge in [-0.15, -0.1) is 0 Å². The van der Waals surface area contributed by atoms with Crippen LogP contribution < -0.4 is 5.43 Å². The number of phenols is 1. The van der Waals surface area contributed by atoms with Gasteiger partial charge in [-0.3, -0.25) is 0 Å². The number of rotatable bonds is 2. The third-order valence-electron chi connectivity index (χ3n) is 3.25. The van der Waals surface area contributed by atoms with Crippen LogP contribution in [0.3, 0.4) is 0 Å². The monoisotopic (exact) mass is 316 g/mol. The van der Waals surface area contributed by atoms with E-state index in [-0.39, 0.29) is 11.8 Å². The Bertz CT molecular complexity index is 640. The van der Waals surface area contributed by atoms with Gasteiger partial charge in [0.05, 0.1) is 11.8 Å². The van der Waals surface area contributed by atoms with Gasteiger partial charge in [-0.2, -0.15) is 5.10 Å².